The third-order valence-electron chi connectivity index (χ3n) is 4.90. The van der Waals surface area contributed by atoms with Crippen LogP contribution in [0, 0.1) is 15.9 Å². The number of halogens is 1. The largest absolute Gasteiger partial charge is 0.478 e. The van der Waals surface area contributed by atoms with Crippen molar-refractivity contribution < 1.29 is 19.2 Å². The Morgan fingerprint density at radius 1 is 1.29 bits per heavy atom. The topological polar surface area (TPSA) is 85.4 Å². The van der Waals surface area contributed by atoms with Gasteiger partial charge in [-0.15, -0.1) is 0 Å². The second-order valence-corrected chi connectivity index (χ2v) is 6.98. The van der Waals surface area contributed by atoms with Crippen LogP contribution in [-0.4, -0.2) is 20.6 Å². The van der Waals surface area contributed by atoms with E-state index in [1.807, 2.05) is 44.2 Å². The highest BCUT2D eigenvalue weighted by molar-refractivity contribution is 6.07. The van der Waals surface area contributed by atoms with E-state index in [1.165, 1.54) is 0 Å². The number of nitro groups is 1. The summed E-state index contributed by atoms with van der Waals surface area (Å²) in [5, 5.41) is 21.6. The van der Waals surface area contributed by atoms with Gasteiger partial charge in [-0.1, -0.05) is 51.1 Å². The van der Waals surface area contributed by atoms with Crippen molar-refractivity contribution in [3.8, 4) is 0 Å². The third kappa shape index (κ3) is 3.13. The number of benzene rings is 2. The van der Waals surface area contributed by atoms with Gasteiger partial charge in [0.1, 0.15) is 0 Å². The predicted octanol–water partition coefficient (Wildman–Crippen LogP) is 5.12. The fourth-order valence-electron chi connectivity index (χ4n) is 3.79. The van der Waals surface area contributed by atoms with Gasteiger partial charge in [0, 0.05) is 29.3 Å². The molecule has 0 radical (unpaired) electrons. The highest BCUT2D eigenvalue weighted by Gasteiger charge is 2.31. The van der Waals surface area contributed by atoms with E-state index in [0.717, 1.165) is 11.6 Å². The highest BCUT2D eigenvalue weighted by Crippen LogP contribution is 2.38. The lowest BCUT2D eigenvalue weighted by Crippen LogP contribution is -2.09. The summed E-state index contributed by atoms with van der Waals surface area (Å²) in [5.74, 6) is -2.30. The molecule has 7 heteroatoms. The number of aryl methyl sites for hydroxylation is 1. The van der Waals surface area contributed by atoms with Crippen molar-refractivity contribution in [1.29, 1.82) is 0 Å². The van der Waals surface area contributed by atoms with Crippen LogP contribution in [0.25, 0.3) is 10.9 Å². The van der Waals surface area contributed by atoms with Gasteiger partial charge in [-0.05, 0) is 17.9 Å². The zero-order valence-electron chi connectivity index (χ0n) is 15.9. The van der Waals surface area contributed by atoms with Crippen molar-refractivity contribution in [3.05, 3.63) is 74.7 Å². The van der Waals surface area contributed by atoms with E-state index < -0.39 is 22.4 Å². The summed E-state index contributed by atoms with van der Waals surface area (Å²) in [6.45, 7) is 5.72. The Bertz CT molecular complexity index is 1070. The number of carboxylic acid groups (broad SMARTS) is 1. The Morgan fingerprint density at radius 3 is 2.43 bits per heavy atom. The van der Waals surface area contributed by atoms with Crippen molar-refractivity contribution in [2.45, 2.75) is 39.7 Å². The molecule has 0 atom stereocenters. The number of aromatic nitrogens is 1. The fourth-order valence-corrected chi connectivity index (χ4v) is 3.79. The lowest BCUT2D eigenvalue weighted by Gasteiger charge is -2.14. The summed E-state index contributed by atoms with van der Waals surface area (Å²) in [7, 11) is 0. The van der Waals surface area contributed by atoms with Gasteiger partial charge in [0.25, 0.3) is 0 Å². The Hall–Kier alpha value is -3.22. The average Bonchev–Trinajstić information content (AvgIpc) is 2.96. The number of carboxylic acids is 1. The van der Waals surface area contributed by atoms with Gasteiger partial charge < -0.3 is 9.67 Å². The predicted molar refractivity (Wildman–Crippen MR) is 105 cm³/mol. The smallest absolute Gasteiger partial charge is 0.338 e. The van der Waals surface area contributed by atoms with E-state index in [2.05, 4.69) is 0 Å². The van der Waals surface area contributed by atoms with Gasteiger partial charge in [-0.3, -0.25) is 10.1 Å². The summed E-state index contributed by atoms with van der Waals surface area (Å²) in [5.41, 5.74) is 1.27. The molecule has 0 bridgehead atoms. The quantitative estimate of drug-likeness (QED) is 0.472. The second kappa shape index (κ2) is 7.42. The highest BCUT2D eigenvalue weighted by atomic mass is 19.1. The van der Waals surface area contributed by atoms with Crippen LogP contribution in [-0.2, 0) is 13.0 Å². The number of rotatable bonds is 6. The van der Waals surface area contributed by atoms with Gasteiger partial charge in [-0.25, -0.2) is 4.79 Å². The first kappa shape index (κ1) is 19.5. The number of nitrogens with zero attached hydrogens (tertiary/aromatic N) is 2. The van der Waals surface area contributed by atoms with Crippen LogP contribution < -0.4 is 0 Å². The standard InChI is InChI=1S/C21H21FN2O4/c1-4-14-17-15(10-16(19(14)22)24(27)28)23(11-13-8-6-5-7-9-13)20(12(2)3)18(17)21(25)26/h5-10,12H,4,11H2,1-3H3,(H,25,26). The first-order valence-corrected chi connectivity index (χ1v) is 9.06. The molecule has 6 nitrogen and oxygen atoms in total. The molecule has 28 heavy (non-hydrogen) atoms. The number of fused-ring (bicyclic) bond motifs is 1. The van der Waals surface area contributed by atoms with Crippen molar-refractivity contribution in [2.24, 2.45) is 0 Å². The van der Waals surface area contributed by atoms with Crippen LogP contribution in [0.15, 0.2) is 36.4 Å². The van der Waals surface area contributed by atoms with Crippen LogP contribution in [0.3, 0.4) is 0 Å². The zero-order chi connectivity index (χ0) is 20.6. The lowest BCUT2D eigenvalue weighted by atomic mass is 9.98. The molecule has 2 aromatic carbocycles. The monoisotopic (exact) mass is 384 g/mol. The molecule has 0 saturated heterocycles. The van der Waals surface area contributed by atoms with Crippen LogP contribution in [0.2, 0.25) is 0 Å². The van der Waals surface area contributed by atoms with Crippen molar-refractivity contribution in [3.63, 3.8) is 0 Å². The van der Waals surface area contributed by atoms with Gasteiger partial charge in [-0.2, -0.15) is 4.39 Å². The molecule has 0 unspecified atom stereocenters. The molecular formula is C21H21FN2O4. The molecular weight excluding hydrogens is 363 g/mol. The molecule has 0 saturated carbocycles. The Labute approximate surface area is 161 Å². The minimum Gasteiger partial charge on any atom is -0.478 e. The van der Waals surface area contributed by atoms with Crippen LogP contribution >= 0.6 is 0 Å². The minimum absolute atomic E-state index is 0.0200. The maximum Gasteiger partial charge on any atom is 0.338 e. The van der Waals surface area contributed by atoms with Crippen LogP contribution in [0.1, 0.15) is 53.9 Å². The normalized spacial score (nSPS) is 11.3. The molecule has 1 heterocycles. The van der Waals surface area contributed by atoms with Crippen LogP contribution in [0.5, 0.6) is 0 Å². The molecule has 3 rings (SSSR count). The maximum absolute atomic E-state index is 14.8. The summed E-state index contributed by atoms with van der Waals surface area (Å²) in [4.78, 5) is 22.8. The Balaban J connectivity index is 2.49. The molecule has 0 amide bonds. The van der Waals surface area contributed by atoms with E-state index in [4.69, 9.17) is 0 Å². The number of aromatic carboxylic acids is 1. The molecule has 3 aromatic rings. The first-order chi connectivity index (χ1) is 13.3. The van der Waals surface area contributed by atoms with E-state index in [0.29, 0.717) is 17.8 Å². The van der Waals surface area contributed by atoms with Crippen molar-refractivity contribution >= 4 is 22.6 Å². The minimum atomic E-state index is -1.16. The van der Waals surface area contributed by atoms with Crippen molar-refractivity contribution in [2.75, 3.05) is 0 Å². The summed E-state index contributed by atoms with van der Waals surface area (Å²) >= 11 is 0. The van der Waals surface area contributed by atoms with Gasteiger partial charge in [0.2, 0.25) is 5.82 Å². The molecule has 1 aromatic heterocycles. The second-order valence-electron chi connectivity index (χ2n) is 6.98. The maximum atomic E-state index is 14.8. The van der Waals surface area contributed by atoms with Gasteiger partial charge in [0.05, 0.1) is 16.0 Å². The SMILES string of the molecule is CCc1c(F)c([N+](=O)[O-])cc2c1c(C(=O)O)c(C(C)C)n2Cc1ccccc1. The van der Waals surface area contributed by atoms with Gasteiger partial charge >= 0.3 is 11.7 Å². The Kier molecular flexibility index (Phi) is 5.18. The third-order valence-corrected chi connectivity index (χ3v) is 4.90. The summed E-state index contributed by atoms with van der Waals surface area (Å²) in [6, 6.07) is 10.6. The first-order valence-electron chi connectivity index (χ1n) is 9.06. The van der Waals surface area contributed by atoms with E-state index in [1.54, 1.807) is 11.5 Å². The molecule has 1 N–H and O–H groups in total. The molecule has 146 valence electrons. The Morgan fingerprint density at radius 2 is 1.93 bits per heavy atom. The number of hydrogen-bond donors (Lipinski definition) is 1. The number of carbonyl (C=O) groups is 1. The lowest BCUT2D eigenvalue weighted by molar-refractivity contribution is -0.387. The number of hydrogen-bond acceptors (Lipinski definition) is 3. The number of nitro benzene ring substituents is 1. The molecule has 0 aliphatic heterocycles. The average molecular weight is 384 g/mol. The summed E-state index contributed by atoms with van der Waals surface area (Å²) in [6.07, 6.45) is 0.150. The molecule has 0 spiro atoms. The van der Waals surface area contributed by atoms with E-state index in [9.17, 15) is 24.4 Å². The van der Waals surface area contributed by atoms with E-state index in [-0.39, 0.29) is 28.9 Å². The molecule has 0 aliphatic rings. The molecule has 0 aliphatic carbocycles. The summed E-state index contributed by atoms with van der Waals surface area (Å²) < 4.78 is 16.6. The zero-order valence-corrected chi connectivity index (χ0v) is 15.9. The van der Waals surface area contributed by atoms with Gasteiger partial charge in [0.15, 0.2) is 0 Å². The fraction of sp³-hybridized carbons (Fsp3) is 0.286. The van der Waals surface area contributed by atoms with E-state index >= 15 is 0 Å². The van der Waals surface area contributed by atoms with Crippen LogP contribution in [0.4, 0.5) is 10.1 Å². The molecule has 0 fully saturated rings. The van der Waals surface area contributed by atoms with Crippen molar-refractivity contribution in [1.82, 2.24) is 4.57 Å².